The molecule has 44 heavy (non-hydrogen) atoms. The highest BCUT2D eigenvalue weighted by Gasteiger charge is 2.51. The molecule has 0 bridgehead atoms. The monoisotopic (exact) mass is 621 g/mol. The maximum atomic E-state index is 14.4. The molecule has 4 aromatic rings. The Balaban J connectivity index is 1.54. The second-order valence-corrected chi connectivity index (χ2v) is 10.3. The summed E-state index contributed by atoms with van der Waals surface area (Å²) in [5.74, 6) is -7.16. The van der Waals surface area contributed by atoms with Gasteiger partial charge in [0, 0.05) is 41.2 Å². The molecule has 0 unspecified atom stereocenters. The fourth-order valence-electron chi connectivity index (χ4n) is 5.30. The third kappa shape index (κ3) is 6.15. The molecule has 0 radical (unpaired) electrons. The smallest absolute Gasteiger partial charge is 0.399 e. The average Bonchev–Trinajstić information content (AvgIpc) is 3.45. The van der Waals surface area contributed by atoms with Crippen molar-refractivity contribution in [1.29, 1.82) is 0 Å². The van der Waals surface area contributed by atoms with Crippen LogP contribution in [0, 0.1) is 17.5 Å². The Kier molecular flexibility index (Phi) is 7.95. The van der Waals surface area contributed by atoms with Gasteiger partial charge in [0.25, 0.3) is 5.92 Å². The molecular formula is C30H23F8N5O. The van der Waals surface area contributed by atoms with E-state index >= 15 is 0 Å². The van der Waals surface area contributed by atoms with Crippen molar-refractivity contribution in [3.05, 3.63) is 113 Å². The average molecular weight is 622 g/mol. The van der Waals surface area contributed by atoms with Gasteiger partial charge in [0.05, 0.1) is 17.3 Å². The number of hydrogen-bond acceptors (Lipinski definition) is 4. The van der Waals surface area contributed by atoms with Crippen LogP contribution in [-0.2, 0) is 36.3 Å². The molecule has 0 saturated carbocycles. The third-order valence-electron chi connectivity index (χ3n) is 7.15. The first-order valence-electron chi connectivity index (χ1n) is 13.1. The van der Waals surface area contributed by atoms with Crippen molar-refractivity contribution < 1.29 is 39.9 Å². The molecule has 1 aliphatic carbocycles. The van der Waals surface area contributed by atoms with Crippen molar-refractivity contribution in [2.45, 2.75) is 43.9 Å². The summed E-state index contributed by atoms with van der Waals surface area (Å²) in [5.41, 5.74) is 3.19. The van der Waals surface area contributed by atoms with Gasteiger partial charge in [-0.2, -0.15) is 18.3 Å². The van der Waals surface area contributed by atoms with Crippen LogP contribution in [0.25, 0.3) is 16.8 Å². The van der Waals surface area contributed by atoms with Gasteiger partial charge in [-0.3, -0.25) is 14.5 Å². The first-order chi connectivity index (χ1) is 20.6. The minimum absolute atomic E-state index is 0.00472. The lowest BCUT2D eigenvalue weighted by molar-refractivity contribution is -0.145. The number of alkyl halides is 5. The zero-order valence-corrected chi connectivity index (χ0v) is 22.7. The maximum Gasteiger partial charge on any atom is 0.435 e. The lowest BCUT2D eigenvalue weighted by Crippen LogP contribution is -2.34. The highest BCUT2D eigenvalue weighted by molar-refractivity contribution is 5.78. The van der Waals surface area contributed by atoms with E-state index in [-0.39, 0.29) is 28.9 Å². The number of nitrogens with one attached hydrogen (secondary N) is 1. The summed E-state index contributed by atoms with van der Waals surface area (Å²) in [4.78, 5) is 17.6. The molecule has 5 rings (SSSR count). The fraction of sp³-hybridized carbons (Fsp3) is 0.233. The van der Waals surface area contributed by atoms with Gasteiger partial charge in [-0.05, 0) is 54.3 Å². The summed E-state index contributed by atoms with van der Waals surface area (Å²) in [6.45, 7) is 2.69. The summed E-state index contributed by atoms with van der Waals surface area (Å²) in [6.07, 6.45) is -5.37. The molecule has 1 amide bonds. The highest BCUT2D eigenvalue weighted by atomic mass is 19.4. The number of carbonyl (C=O) groups excluding carboxylic acids is 1. The van der Waals surface area contributed by atoms with Crippen molar-refractivity contribution in [2.24, 2.45) is 5.73 Å². The van der Waals surface area contributed by atoms with Crippen LogP contribution in [0.2, 0.25) is 0 Å². The quantitative estimate of drug-likeness (QED) is 0.222. The largest absolute Gasteiger partial charge is 0.435 e. The molecule has 0 fully saturated rings. The van der Waals surface area contributed by atoms with Gasteiger partial charge in [-0.1, -0.05) is 18.7 Å². The molecule has 3 N–H and O–H groups in total. The molecular weight excluding hydrogens is 598 g/mol. The van der Waals surface area contributed by atoms with Crippen LogP contribution in [-0.4, -0.2) is 20.7 Å². The molecule has 230 valence electrons. The van der Waals surface area contributed by atoms with Gasteiger partial charge in [-0.15, -0.1) is 0 Å². The Hall–Kier alpha value is -4.75. The second kappa shape index (κ2) is 11.4. The van der Waals surface area contributed by atoms with E-state index in [4.69, 9.17) is 5.73 Å². The highest BCUT2D eigenvalue weighted by Crippen LogP contribution is 2.47. The number of hydrogen-bond donors (Lipinski definition) is 2. The number of halogens is 8. The molecule has 0 spiro atoms. The standard InChI is InChI=1S/C30H23F8N5O/c1-15(39)21-12-17(4-5-22(21)33)20-3-2-8-40-27(20)23(11-16-9-18(31)13-19(32)10-16)41-25(44)14-43-24-6-7-29(34,35)26(24)28(42-43)30(36,37)38/h2-5,8-10,12-13,23H,1,6-7,11,14,39H2,(H,41,44)/t23-/m0/s1. The summed E-state index contributed by atoms with van der Waals surface area (Å²) < 4.78 is 112. The fourth-order valence-corrected chi connectivity index (χ4v) is 5.30. The number of carbonyl (C=O) groups is 1. The van der Waals surface area contributed by atoms with Crippen LogP contribution in [0.5, 0.6) is 0 Å². The Morgan fingerprint density at radius 3 is 2.45 bits per heavy atom. The Bertz CT molecular complexity index is 1740. The molecule has 2 aromatic heterocycles. The van der Waals surface area contributed by atoms with Gasteiger partial charge < -0.3 is 11.1 Å². The van der Waals surface area contributed by atoms with Crippen molar-refractivity contribution in [2.75, 3.05) is 0 Å². The molecule has 1 aliphatic rings. The molecule has 0 aliphatic heterocycles. The Morgan fingerprint density at radius 1 is 1.09 bits per heavy atom. The van der Waals surface area contributed by atoms with Crippen molar-refractivity contribution in [3.8, 4) is 11.1 Å². The summed E-state index contributed by atoms with van der Waals surface area (Å²) >= 11 is 0. The Morgan fingerprint density at radius 2 is 1.80 bits per heavy atom. The maximum absolute atomic E-state index is 14.4. The van der Waals surface area contributed by atoms with Crippen LogP contribution < -0.4 is 11.1 Å². The van der Waals surface area contributed by atoms with Crippen molar-refractivity contribution in [1.82, 2.24) is 20.1 Å². The van der Waals surface area contributed by atoms with Gasteiger partial charge in [0.15, 0.2) is 5.69 Å². The zero-order valence-electron chi connectivity index (χ0n) is 22.7. The minimum Gasteiger partial charge on any atom is -0.399 e. The van der Waals surface area contributed by atoms with Crippen LogP contribution in [0.4, 0.5) is 35.1 Å². The number of benzene rings is 2. The summed E-state index contributed by atoms with van der Waals surface area (Å²) in [5, 5.41) is 5.90. The van der Waals surface area contributed by atoms with Crippen LogP contribution >= 0.6 is 0 Å². The summed E-state index contributed by atoms with van der Waals surface area (Å²) in [6, 6.07) is 8.63. The van der Waals surface area contributed by atoms with E-state index < -0.39 is 77.8 Å². The van der Waals surface area contributed by atoms with Gasteiger partial charge in [0.1, 0.15) is 24.0 Å². The predicted octanol–water partition coefficient (Wildman–Crippen LogP) is 6.45. The molecule has 0 saturated heterocycles. The number of nitrogens with two attached hydrogens (primary N) is 1. The molecule has 1 atom stereocenters. The molecule has 14 heteroatoms. The number of pyridine rings is 1. The normalized spacial score (nSPS) is 14.7. The van der Waals surface area contributed by atoms with E-state index in [0.717, 1.165) is 18.2 Å². The van der Waals surface area contributed by atoms with E-state index in [0.29, 0.717) is 21.9 Å². The van der Waals surface area contributed by atoms with Crippen LogP contribution in [0.3, 0.4) is 0 Å². The van der Waals surface area contributed by atoms with Crippen LogP contribution in [0.15, 0.2) is 61.3 Å². The minimum atomic E-state index is -5.19. The molecule has 6 nitrogen and oxygen atoms in total. The van der Waals surface area contributed by atoms with Crippen molar-refractivity contribution >= 4 is 11.6 Å². The summed E-state index contributed by atoms with van der Waals surface area (Å²) in [7, 11) is 0. The number of fused-ring (bicyclic) bond motifs is 1. The van der Waals surface area contributed by atoms with E-state index in [1.165, 1.54) is 18.3 Å². The number of rotatable bonds is 8. The number of amides is 1. The molecule has 2 aromatic carbocycles. The molecule has 2 heterocycles. The predicted molar refractivity (Wildman–Crippen MR) is 143 cm³/mol. The lowest BCUT2D eigenvalue weighted by atomic mass is 9.94. The first-order valence-corrected chi connectivity index (χ1v) is 13.1. The number of aromatic nitrogens is 3. The van der Waals surface area contributed by atoms with Crippen molar-refractivity contribution in [3.63, 3.8) is 0 Å². The van der Waals surface area contributed by atoms with E-state index in [1.807, 2.05) is 0 Å². The van der Waals surface area contributed by atoms with Gasteiger partial charge in [-0.25, -0.2) is 22.0 Å². The van der Waals surface area contributed by atoms with E-state index in [9.17, 15) is 39.9 Å². The van der Waals surface area contributed by atoms with E-state index in [1.54, 1.807) is 12.1 Å². The topological polar surface area (TPSA) is 85.8 Å². The van der Waals surface area contributed by atoms with Crippen LogP contribution in [0.1, 0.15) is 46.2 Å². The van der Waals surface area contributed by atoms with Gasteiger partial charge in [0.2, 0.25) is 5.91 Å². The van der Waals surface area contributed by atoms with E-state index in [2.05, 4.69) is 22.0 Å². The number of nitrogens with zero attached hydrogens (tertiary/aromatic N) is 3. The zero-order chi connectivity index (χ0) is 32.0. The lowest BCUT2D eigenvalue weighted by Gasteiger charge is -2.22. The van der Waals surface area contributed by atoms with Gasteiger partial charge >= 0.3 is 6.18 Å². The SMILES string of the molecule is C=C(N)c1cc(-c2cccnc2[C@H](Cc2cc(F)cc(F)c2)NC(=O)Cn2nc(C(F)(F)F)c3c2CCC3(F)F)ccc1F. The second-order valence-electron chi connectivity index (χ2n) is 10.3. The third-order valence-corrected chi connectivity index (χ3v) is 7.15. The Labute approximate surface area is 245 Å². The first kappa shape index (κ1) is 30.7.